The molecule has 0 spiro atoms. The highest BCUT2D eigenvalue weighted by molar-refractivity contribution is 5.16. The molecule has 0 saturated heterocycles. The number of aromatic nitrogens is 2. The lowest BCUT2D eigenvalue weighted by molar-refractivity contribution is 0.581. The van der Waals surface area contributed by atoms with Crippen molar-refractivity contribution in [2.75, 3.05) is 5.73 Å². The van der Waals surface area contributed by atoms with E-state index in [1.165, 1.54) is 25.7 Å². The molecule has 0 radical (unpaired) electrons. The van der Waals surface area contributed by atoms with E-state index in [9.17, 15) is 0 Å². The van der Waals surface area contributed by atoms with Crippen LogP contribution < -0.4 is 5.73 Å². The summed E-state index contributed by atoms with van der Waals surface area (Å²) in [6.07, 6.45) is 9.19. The molecule has 0 bridgehead atoms. The molecular weight excluding hydrogens is 150 g/mol. The standard InChI is InChI=1S/C9H15N3/c10-9-11-5-7-12(9)6-1-2-8-3-4-8/h5,7-8H,1-4,6H2,(H2,10,11). The Morgan fingerprint density at radius 1 is 1.58 bits per heavy atom. The Kier molecular flexibility index (Phi) is 2.02. The van der Waals surface area contributed by atoms with Crippen LogP contribution in [-0.2, 0) is 6.54 Å². The zero-order valence-electron chi connectivity index (χ0n) is 7.24. The van der Waals surface area contributed by atoms with E-state index >= 15 is 0 Å². The molecule has 0 aliphatic heterocycles. The van der Waals surface area contributed by atoms with Crippen molar-refractivity contribution in [3.8, 4) is 0 Å². The summed E-state index contributed by atoms with van der Waals surface area (Å²) >= 11 is 0. The van der Waals surface area contributed by atoms with Crippen LogP contribution in [0.4, 0.5) is 5.95 Å². The third-order valence-corrected chi connectivity index (χ3v) is 2.46. The first-order chi connectivity index (χ1) is 5.86. The van der Waals surface area contributed by atoms with Gasteiger partial charge in [-0.1, -0.05) is 12.8 Å². The molecule has 0 amide bonds. The molecule has 1 aromatic rings. The highest BCUT2D eigenvalue weighted by Crippen LogP contribution is 2.33. The molecule has 2 rings (SSSR count). The summed E-state index contributed by atoms with van der Waals surface area (Å²) in [6, 6.07) is 0. The van der Waals surface area contributed by atoms with Gasteiger partial charge >= 0.3 is 0 Å². The van der Waals surface area contributed by atoms with Crippen LogP contribution in [0.15, 0.2) is 12.4 Å². The summed E-state index contributed by atoms with van der Waals surface area (Å²) in [4.78, 5) is 3.97. The minimum absolute atomic E-state index is 0.644. The molecule has 1 aromatic heterocycles. The van der Waals surface area contributed by atoms with Crippen LogP contribution in [0.2, 0.25) is 0 Å². The smallest absolute Gasteiger partial charge is 0.200 e. The van der Waals surface area contributed by atoms with Gasteiger partial charge in [0.2, 0.25) is 0 Å². The Morgan fingerprint density at radius 3 is 3.00 bits per heavy atom. The molecule has 1 saturated carbocycles. The maximum absolute atomic E-state index is 5.62. The van der Waals surface area contributed by atoms with Gasteiger partial charge in [0.25, 0.3) is 0 Å². The third-order valence-electron chi connectivity index (χ3n) is 2.46. The minimum atomic E-state index is 0.644. The van der Waals surface area contributed by atoms with Crippen molar-refractivity contribution in [1.29, 1.82) is 0 Å². The molecule has 1 heterocycles. The number of imidazole rings is 1. The highest BCUT2D eigenvalue weighted by atomic mass is 15.1. The van der Waals surface area contributed by atoms with Gasteiger partial charge in [0.05, 0.1) is 0 Å². The summed E-state index contributed by atoms with van der Waals surface area (Å²) in [5, 5.41) is 0. The second kappa shape index (κ2) is 3.17. The van der Waals surface area contributed by atoms with Gasteiger partial charge in [-0.15, -0.1) is 0 Å². The van der Waals surface area contributed by atoms with Gasteiger partial charge < -0.3 is 10.3 Å². The monoisotopic (exact) mass is 165 g/mol. The second-order valence-electron chi connectivity index (χ2n) is 3.56. The predicted molar refractivity (Wildman–Crippen MR) is 48.6 cm³/mol. The van der Waals surface area contributed by atoms with Crippen molar-refractivity contribution in [3.63, 3.8) is 0 Å². The van der Waals surface area contributed by atoms with Crippen LogP contribution in [0, 0.1) is 5.92 Å². The molecule has 12 heavy (non-hydrogen) atoms. The van der Waals surface area contributed by atoms with E-state index in [1.54, 1.807) is 6.20 Å². The lowest BCUT2D eigenvalue weighted by Gasteiger charge is -2.02. The Morgan fingerprint density at radius 2 is 2.42 bits per heavy atom. The normalized spacial score (nSPS) is 16.7. The fourth-order valence-electron chi connectivity index (χ4n) is 1.49. The Bertz CT molecular complexity index is 250. The van der Waals surface area contributed by atoms with Crippen molar-refractivity contribution in [2.24, 2.45) is 5.92 Å². The molecule has 66 valence electrons. The highest BCUT2D eigenvalue weighted by Gasteiger charge is 2.20. The van der Waals surface area contributed by atoms with Crippen LogP contribution in [0.1, 0.15) is 25.7 Å². The lowest BCUT2D eigenvalue weighted by atomic mass is 10.2. The van der Waals surface area contributed by atoms with E-state index in [-0.39, 0.29) is 0 Å². The van der Waals surface area contributed by atoms with E-state index in [2.05, 4.69) is 4.98 Å². The molecule has 0 unspecified atom stereocenters. The van der Waals surface area contributed by atoms with E-state index in [0.29, 0.717) is 5.95 Å². The van der Waals surface area contributed by atoms with Gasteiger partial charge in [-0.2, -0.15) is 0 Å². The SMILES string of the molecule is Nc1nccn1CCCC1CC1. The fourth-order valence-corrected chi connectivity index (χ4v) is 1.49. The first kappa shape index (κ1) is 7.65. The van der Waals surface area contributed by atoms with Crippen LogP contribution in [0.25, 0.3) is 0 Å². The van der Waals surface area contributed by atoms with Crippen molar-refractivity contribution in [3.05, 3.63) is 12.4 Å². The Hall–Kier alpha value is -0.990. The summed E-state index contributed by atoms with van der Waals surface area (Å²) in [5.41, 5.74) is 5.62. The number of rotatable bonds is 4. The molecular formula is C9H15N3. The maximum Gasteiger partial charge on any atom is 0.200 e. The third kappa shape index (κ3) is 1.78. The Labute approximate surface area is 72.6 Å². The Balaban J connectivity index is 1.75. The van der Waals surface area contributed by atoms with Crippen molar-refractivity contribution in [1.82, 2.24) is 9.55 Å². The van der Waals surface area contributed by atoms with E-state index in [1.807, 2.05) is 10.8 Å². The number of nitrogens with two attached hydrogens (primary N) is 1. The number of nitrogen functional groups attached to an aromatic ring is 1. The van der Waals surface area contributed by atoms with Gasteiger partial charge in [0.15, 0.2) is 5.95 Å². The summed E-state index contributed by atoms with van der Waals surface area (Å²) in [5.74, 6) is 1.67. The minimum Gasteiger partial charge on any atom is -0.369 e. The average Bonchev–Trinajstić information content (AvgIpc) is 2.78. The summed E-state index contributed by atoms with van der Waals surface area (Å²) in [7, 11) is 0. The zero-order valence-corrected chi connectivity index (χ0v) is 7.24. The van der Waals surface area contributed by atoms with Crippen molar-refractivity contribution < 1.29 is 0 Å². The van der Waals surface area contributed by atoms with Gasteiger partial charge in [0.1, 0.15) is 0 Å². The van der Waals surface area contributed by atoms with Gasteiger partial charge in [-0.05, 0) is 18.8 Å². The molecule has 1 aliphatic rings. The number of nitrogens with zero attached hydrogens (tertiary/aromatic N) is 2. The molecule has 0 aromatic carbocycles. The van der Waals surface area contributed by atoms with E-state index in [0.717, 1.165) is 12.5 Å². The molecule has 3 nitrogen and oxygen atoms in total. The predicted octanol–water partition coefficient (Wildman–Crippen LogP) is 1.66. The van der Waals surface area contributed by atoms with Gasteiger partial charge in [-0.25, -0.2) is 4.98 Å². The molecule has 0 atom stereocenters. The zero-order chi connectivity index (χ0) is 8.39. The number of hydrogen-bond acceptors (Lipinski definition) is 2. The second-order valence-corrected chi connectivity index (χ2v) is 3.56. The number of aryl methyl sites for hydroxylation is 1. The van der Waals surface area contributed by atoms with Crippen LogP contribution in [0.5, 0.6) is 0 Å². The number of hydrogen-bond donors (Lipinski definition) is 1. The average molecular weight is 165 g/mol. The summed E-state index contributed by atoms with van der Waals surface area (Å²) < 4.78 is 2.02. The number of anilines is 1. The van der Waals surface area contributed by atoms with Gasteiger partial charge in [-0.3, -0.25) is 0 Å². The molecule has 2 N–H and O–H groups in total. The van der Waals surface area contributed by atoms with Crippen molar-refractivity contribution in [2.45, 2.75) is 32.2 Å². The van der Waals surface area contributed by atoms with Crippen molar-refractivity contribution >= 4 is 5.95 Å². The first-order valence-corrected chi connectivity index (χ1v) is 4.63. The molecule has 1 fully saturated rings. The first-order valence-electron chi connectivity index (χ1n) is 4.63. The van der Waals surface area contributed by atoms with Crippen LogP contribution in [0.3, 0.4) is 0 Å². The largest absolute Gasteiger partial charge is 0.369 e. The summed E-state index contributed by atoms with van der Waals surface area (Å²) in [6.45, 7) is 1.03. The fraction of sp³-hybridized carbons (Fsp3) is 0.667. The van der Waals surface area contributed by atoms with E-state index in [4.69, 9.17) is 5.73 Å². The molecule has 1 aliphatic carbocycles. The molecule has 3 heteroatoms. The quantitative estimate of drug-likeness (QED) is 0.737. The maximum atomic E-state index is 5.62. The van der Waals surface area contributed by atoms with E-state index < -0.39 is 0 Å². The lowest BCUT2D eigenvalue weighted by Crippen LogP contribution is -2.02. The van der Waals surface area contributed by atoms with Gasteiger partial charge in [0, 0.05) is 18.9 Å². The topological polar surface area (TPSA) is 43.8 Å². The van der Waals surface area contributed by atoms with Crippen LogP contribution >= 0.6 is 0 Å². The van der Waals surface area contributed by atoms with Crippen LogP contribution in [-0.4, -0.2) is 9.55 Å².